The predicted molar refractivity (Wildman–Crippen MR) is 130 cm³/mol. The minimum atomic E-state index is -0.764. The standard InChI is InChI=1S/C25H22BrN5O2/c26-20-3-1-2-19(14-20)23(32)16-31-22(18-6-11-28-12-7-18)8-13-30-24(33)15-21(29-25(30)31)17-4-9-27-10-5-17/h1-7,9-12,14-15,22-23,32H,8,13,16H2. The van der Waals surface area contributed by atoms with Crippen molar-refractivity contribution in [2.24, 2.45) is 0 Å². The molecule has 1 aliphatic heterocycles. The molecular formula is C25H22BrN5O2. The molecule has 0 saturated heterocycles. The van der Waals surface area contributed by atoms with Crippen molar-refractivity contribution in [1.82, 2.24) is 19.5 Å². The Morgan fingerprint density at radius 2 is 1.76 bits per heavy atom. The lowest BCUT2D eigenvalue weighted by molar-refractivity contribution is 0.176. The summed E-state index contributed by atoms with van der Waals surface area (Å²) < 4.78 is 2.59. The van der Waals surface area contributed by atoms with Crippen molar-refractivity contribution >= 4 is 21.9 Å². The highest BCUT2D eigenvalue weighted by Crippen LogP contribution is 2.35. The number of aliphatic hydroxyl groups is 1. The van der Waals surface area contributed by atoms with E-state index >= 15 is 0 Å². The van der Waals surface area contributed by atoms with Crippen LogP contribution in [0.4, 0.5) is 5.95 Å². The molecule has 5 rings (SSSR count). The zero-order valence-electron chi connectivity index (χ0n) is 17.8. The van der Waals surface area contributed by atoms with Crippen LogP contribution in [0.25, 0.3) is 11.3 Å². The lowest BCUT2D eigenvalue weighted by atomic mass is 10.00. The van der Waals surface area contributed by atoms with E-state index in [0.717, 1.165) is 27.6 Å². The van der Waals surface area contributed by atoms with E-state index in [-0.39, 0.29) is 18.1 Å². The van der Waals surface area contributed by atoms with Gasteiger partial charge in [-0.15, -0.1) is 0 Å². The maximum absolute atomic E-state index is 13.0. The van der Waals surface area contributed by atoms with E-state index < -0.39 is 6.10 Å². The lowest BCUT2D eigenvalue weighted by Crippen LogP contribution is -2.42. The summed E-state index contributed by atoms with van der Waals surface area (Å²) in [6.45, 7) is 0.837. The van der Waals surface area contributed by atoms with Gasteiger partial charge in [-0.05, 0) is 53.9 Å². The average molecular weight is 504 g/mol. The Morgan fingerprint density at radius 1 is 1.03 bits per heavy atom. The van der Waals surface area contributed by atoms with Gasteiger partial charge in [-0.1, -0.05) is 28.1 Å². The second kappa shape index (κ2) is 9.25. The third kappa shape index (κ3) is 4.44. The summed E-state index contributed by atoms with van der Waals surface area (Å²) in [6.07, 6.45) is 6.85. The summed E-state index contributed by atoms with van der Waals surface area (Å²) in [7, 11) is 0. The molecule has 8 heteroatoms. The molecule has 7 nitrogen and oxygen atoms in total. The first-order chi connectivity index (χ1) is 16.1. The van der Waals surface area contributed by atoms with Crippen molar-refractivity contribution in [3.05, 3.63) is 105 Å². The molecule has 4 heterocycles. The van der Waals surface area contributed by atoms with Crippen molar-refractivity contribution < 1.29 is 5.11 Å². The van der Waals surface area contributed by atoms with Gasteiger partial charge < -0.3 is 10.0 Å². The van der Waals surface area contributed by atoms with Gasteiger partial charge in [0, 0.05) is 47.4 Å². The van der Waals surface area contributed by atoms with Gasteiger partial charge in [0.05, 0.1) is 24.4 Å². The highest BCUT2D eigenvalue weighted by Gasteiger charge is 2.31. The van der Waals surface area contributed by atoms with E-state index in [1.165, 1.54) is 0 Å². The fraction of sp³-hybridized carbons (Fsp3) is 0.200. The zero-order valence-corrected chi connectivity index (χ0v) is 19.3. The topological polar surface area (TPSA) is 84.1 Å². The van der Waals surface area contributed by atoms with Crippen molar-refractivity contribution in [1.29, 1.82) is 0 Å². The summed E-state index contributed by atoms with van der Waals surface area (Å²) in [5.74, 6) is 0.552. The molecule has 1 aliphatic rings. The van der Waals surface area contributed by atoms with Crippen molar-refractivity contribution in [3.8, 4) is 11.3 Å². The molecule has 33 heavy (non-hydrogen) atoms. The van der Waals surface area contributed by atoms with E-state index in [9.17, 15) is 9.90 Å². The SMILES string of the molecule is O=c1cc(-c2ccncc2)nc2n1CCC(c1ccncc1)N2CC(O)c1cccc(Br)c1. The number of aromatic nitrogens is 4. The number of pyridine rings is 2. The van der Waals surface area contributed by atoms with E-state index in [4.69, 9.17) is 4.98 Å². The minimum Gasteiger partial charge on any atom is -0.387 e. The van der Waals surface area contributed by atoms with Crippen LogP contribution >= 0.6 is 15.9 Å². The van der Waals surface area contributed by atoms with Crippen molar-refractivity contribution in [2.45, 2.75) is 25.1 Å². The molecule has 4 aromatic rings. The number of aliphatic hydroxyl groups excluding tert-OH is 1. The lowest BCUT2D eigenvalue weighted by Gasteiger charge is -2.39. The monoisotopic (exact) mass is 503 g/mol. The molecule has 1 aromatic carbocycles. The van der Waals surface area contributed by atoms with Gasteiger partial charge in [-0.3, -0.25) is 19.3 Å². The Balaban J connectivity index is 1.60. The molecule has 2 atom stereocenters. The van der Waals surface area contributed by atoms with Crippen LogP contribution in [-0.2, 0) is 6.54 Å². The molecule has 0 bridgehead atoms. The van der Waals surface area contributed by atoms with E-state index in [1.807, 2.05) is 53.4 Å². The normalized spacial score (nSPS) is 16.3. The number of β-amino-alcohol motifs (C(OH)–C–C–N with tert-alkyl or cyclic N) is 1. The number of fused-ring (bicyclic) bond motifs is 1. The molecule has 0 radical (unpaired) electrons. The van der Waals surface area contributed by atoms with Crippen LogP contribution in [-0.4, -0.2) is 31.2 Å². The number of hydrogen-bond donors (Lipinski definition) is 1. The van der Waals surface area contributed by atoms with E-state index in [2.05, 4.69) is 25.9 Å². The number of benzene rings is 1. The van der Waals surface area contributed by atoms with Gasteiger partial charge in [0.1, 0.15) is 0 Å². The Labute approximate surface area is 199 Å². The van der Waals surface area contributed by atoms with Crippen molar-refractivity contribution in [3.63, 3.8) is 0 Å². The summed E-state index contributed by atoms with van der Waals surface area (Å²) in [5.41, 5.74) is 3.17. The highest BCUT2D eigenvalue weighted by molar-refractivity contribution is 9.10. The quantitative estimate of drug-likeness (QED) is 0.440. The van der Waals surface area contributed by atoms with Gasteiger partial charge in [0.25, 0.3) is 5.56 Å². The number of nitrogens with zero attached hydrogens (tertiary/aromatic N) is 5. The van der Waals surface area contributed by atoms with Crippen LogP contribution in [0.15, 0.2) is 88.7 Å². The van der Waals surface area contributed by atoms with Crippen LogP contribution in [0.5, 0.6) is 0 Å². The second-order valence-electron chi connectivity index (χ2n) is 7.98. The molecule has 1 N–H and O–H groups in total. The molecule has 0 spiro atoms. The van der Waals surface area contributed by atoms with Crippen LogP contribution in [0.3, 0.4) is 0 Å². The second-order valence-corrected chi connectivity index (χ2v) is 8.89. The maximum Gasteiger partial charge on any atom is 0.255 e. The van der Waals surface area contributed by atoms with E-state index in [1.54, 1.807) is 35.4 Å². The van der Waals surface area contributed by atoms with Crippen LogP contribution in [0.1, 0.15) is 29.7 Å². The fourth-order valence-electron chi connectivity index (χ4n) is 4.29. The largest absolute Gasteiger partial charge is 0.387 e. The first kappa shape index (κ1) is 21.5. The number of anilines is 1. The Morgan fingerprint density at radius 3 is 2.48 bits per heavy atom. The zero-order chi connectivity index (χ0) is 22.8. The summed E-state index contributed by atoms with van der Waals surface area (Å²) >= 11 is 3.48. The van der Waals surface area contributed by atoms with E-state index in [0.29, 0.717) is 18.2 Å². The van der Waals surface area contributed by atoms with Gasteiger partial charge in [-0.25, -0.2) is 4.98 Å². The molecule has 0 aliphatic carbocycles. The van der Waals surface area contributed by atoms with Gasteiger partial charge >= 0.3 is 0 Å². The number of rotatable bonds is 5. The highest BCUT2D eigenvalue weighted by atomic mass is 79.9. The molecule has 0 fully saturated rings. The molecule has 166 valence electrons. The van der Waals surface area contributed by atoms with Gasteiger partial charge in [-0.2, -0.15) is 0 Å². The Hall–Kier alpha value is -3.36. The molecule has 0 saturated carbocycles. The van der Waals surface area contributed by atoms with Gasteiger partial charge in [0.15, 0.2) is 0 Å². The Kier molecular flexibility index (Phi) is 6.02. The first-order valence-electron chi connectivity index (χ1n) is 10.7. The maximum atomic E-state index is 13.0. The number of hydrogen-bond acceptors (Lipinski definition) is 6. The fourth-order valence-corrected chi connectivity index (χ4v) is 4.70. The molecular weight excluding hydrogens is 482 g/mol. The summed E-state index contributed by atoms with van der Waals surface area (Å²) in [5, 5.41) is 11.1. The van der Waals surface area contributed by atoms with Crippen LogP contribution in [0.2, 0.25) is 0 Å². The van der Waals surface area contributed by atoms with Crippen LogP contribution in [0, 0.1) is 0 Å². The molecule has 2 unspecified atom stereocenters. The van der Waals surface area contributed by atoms with Gasteiger partial charge in [0.2, 0.25) is 5.95 Å². The average Bonchev–Trinajstić information content (AvgIpc) is 2.85. The minimum absolute atomic E-state index is 0.0469. The first-order valence-corrected chi connectivity index (χ1v) is 11.5. The molecule has 3 aromatic heterocycles. The summed E-state index contributed by atoms with van der Waals surface area (Å²) in [4.78, 5) is 28.2. The third-order valence-electron chi connectivity index (χ3n) is 5.92. The number of halogens is 1. The summed E-state index contributed by atoms with van der Waals surface area (Å²) in [6, 6.07) is 16.8. The third-order valence-corrected chi connectivity index (χ3v) is 6.41. The van der Waals surface area contributed by atoms with Crippen LogP contribution < -0.4 is 10.5 Å². The van der Waals surface area contributed by atoms with Crippen molar-refractivity contribution in [2.75, 3.05) is 11.4 Å². The Bertz CT molecular complexity index is 1310. The molecule has 0 amide bonds. The smallest absolute Gasteiger partial charge is 0.255 e. The predicted octanol–water partition coefficient (Wildman–Crippen LogP) is 4.15.